The van der Waals surface area contributed by atoms with E-state index in [0.717, 1.165) is 18.9 Å². The lowest BCUT2D eigenvalue weighted by molar-refractivity contribution is 0.270. The molecule has 1 aromatic carbocycles. The van der Waals surface area contributed by atoms with Gasteiger partial charge in [0.25, 0.3) is 0 Å². The second kappa shape index (κ2) is 7.71. The number of rotatable bonds is 5. The van der Waals surface area contributed by atoms with E-state index >= 15 is 4.39 Å². The minimum absolute atomic E-state index is 0.00774. The summed E-state index contributed by atoms with van der Waals surface area (Å²) in [5.74, 6) is -0.634. The first-order valence-corrected chi connectivity index (χ1v) is 11.0. The number of hydrogen-bond acceptors (Lipinski definition) is 9. The molecular formula is C22H22F2N8O2. The van der Waals surface area contributed by atoms with Crippen molar-refractivity contribution < 1.29 is 18.6 Å². The smallest absolute Gasteiger partial charge is 0.326 e. The van der Waals surface area contributed by atoms with Gasteiger partial charge in [0.15, 0.2) is 23.2 Å². The van der Waals surface area contributed by atoms with Gasteiger partial charge >= 0.3 is 6.01 Å². The Bertz CT molecular complexity index is 1410. The molecule has 0 amide bonds. The minimum Gasteiger partial charge on any atom is -0.421 e. The first kappa shape index (κ1) is 20.9. The topological polar surface area (TPSA) is 138 Å². The lowest BCUT2D eigenvalue weighted by Crippen LogP contribution is -2.41. The van der Waals surface area contributed by atoms with Crippen molar-refractivity contribution >= 4 is 33.4 Å². The molecule has 10 nitrogen and oxygen atoms in total. The third-order valence-electron chi connectivity index (χ3n) is 6.75. The molecule has 1 saturated carbocycles. The number of fused-ring (bicyclic) bond motifs is 5. The van der Waals surface area contributed by atoms with Crippen LogP contribution in [0.3, 0.4) is 0 Å². The van der Waals surface area contributed by atoms with E-state index in [2.05, 4.69) is 35.1 Å². The zero-order valence-electron chi connectivity index (χ0n) is 18.2. The number of nitrogens with zero attached hydrogens (tertiary/aromatic N) is 5. The summed E-state index contributed by atoms with van der Waals surface area (Å²) in [6.07, 6.45) is 4.52. The summed E-state index contributed by atoms with van der Waals surface area (Å²) in [6, 6.07) is 1.37. The standard InChI is InChI=1S/C22H22F2N8O2/c1-26-14-4-12(23)18(24)16-17-20(29-19(14)16)30-22(34-11-5-27-15(8-33)28-6-11)31-21(17)32-7-9-2-10(32)3-13(9)25/h4-6,9-10,13,26,33H,2-3,7-8,25H2,1H3,(H,29,30,31)/t9-,10?,13?/m1/s1. The molecule has 34 heavy (non-hydrogen) atoms. The molecule has 2 unspecified atom stereocenters. The molecule has 1 aliphatic carbocycles. The van der Waals surface area contributed by atoms with Crippen molar-refractivity contribution in [3.63, 3.8) is 0 Å². The van der Waals surface area contributed by atoms with E-state index in [1.54, 1.807) is 7.05 Å². The molecule has 1 aliphatic heterocycles. The third-order valence-corrected chi connectivity index (χ3v) is 6.75. The SMILES string of the molecule is CNc1cc(F)c(F)c2c1[nH]c1nc(Oc3cnc(CO)nc3)nc(N3C[C@H]4CC3CC4N)c12. The van der Waals surface area contributed by atoms with Crippen LogP contribution in [0.2, 0.25) is 0 Å². The first-order chi connectivity index (χ1) is 16.5. The van der Waals surface area contributed by atoms with Crippen LogP contribution in [-0.2, 0) is 6.61 Å². The molecule has 2 fully saturated rings. The molecule has 4 aromatic rings. The molecule has 2 aliphatic rings. The number of nitrogens with one attached hydrogen (secondary N) is 2. The predicted molar refractivity (Wildman–Crippen MR) is 121 cm³/mol. The number of anilines is 2. The largest absolute Gasteiger partial charge is 0.421 e. The molecule has 3 aromatic heterocycles. The average molecular weight is 468 g/mol. The predicted octanol–water partition coefficient (Wildman–Crippen LogP) is 2.43. The summed E-state index contributed by atoms with van der Waals surface area (Å²) in [5.41, 5.74) is 7.35. The number of nitrogens with two attached hydrogens (primary N) is 1. The Labute approximate surface area is 192 Å². The second-order valence-corrected chi connectivity index (χ2v) is 8.70. The van der Waals surface area contributed by atoms with Crippen LogP contribution in [0.5, 0.6) is 11.8 Å². The summed E-state index contributed by atoms with van der Waals surface area (Å²) in [6.45, 7) is 0.367. The summed E-state index contributed by atoms with van der Waals surface area (Å²) in [7, 11) is 1.63. The van der Waals surface area contributed by atoms with Crippen LogP contribution in [0.15, 0.2) is 18.5 Å². The Kier molecular flexibility index (Phi) is 4.74. The Morgan fingerprint density at radius 3 is 2.68 bits per heavy atom. The molecule has 12 heteroatoms. The van der Waals surface area contributed by atoms with Gasteiger partial charge in [0, 0.05) is 31.7 Å². The van der Waals surface area contributed by atoms with Gasteiger partial charge in [0.05, 0.1) is 34.4 Å². The number of ether oxygens (including phenoxy) is 1. The van der Waals surface area contributed by atoms with Gasteiger partial charge in [-0.2, -0.15) is 9.97 Å². The Balaban J connectivity index is 1.55. The van der Waals surface area contributed by atoms with Crippen LogP contribution in [-0.4, -0.2) is 55.7 Å². The Morgan fingerprint density at radius 2 is 2.03 bits per heavy atom. The van der Waals surface area contributed by atoms with Gasteiger partial charge < -0.3 is 30.8 Å². The lowest BCUT2D eigenvalue weighted by Gasteiger charge is -2.31. The van der Waals surface area contributed by atoms with Crippen LogP contribution in [0, 0.1) is 17.6 Å². The van der Waals surface area contributed by atoms with Crippen LogP contribution >= 0.6 is 0 Å². The highest BCUT2D eigenvalue weighted by Gasteiger charge is 2.44. The molecule has 2 bridgehead atoms. The van der Waals surface area contributed by atoms with Gasteiger partial charge in [-0.25, -0.2) is 18.7 Å². The average Bonchev–Trinajstić information content (AvgIpc) is 3.53. The number of hydrogen-bond donors (Lipinski definition) is 4. The highest BCUT2D eigenvalue weighted by Crippen LogP contribution is 2.44. The molecule has 5 N–H and O–H groups in total. The van der Waals surface area contributed by atoms with E-state index in [1.165, 1.54) is 12.4 Å². The summed E-state index contributed by atoms with van der Waals surface area (Å²) in [5, 5.41) is 12.5. The second-order valence-electron chi connectivity index (χ2n) is 8.70. The van der Waals surface area contributed by atoms with Crippen molar-refractivity contribution in [2.75, 3.05) is 23.8 Å². The third kappa shape index (κ3) is 3.13. The monoisotopic (exact) mass is 468 g/mol. The fourth-order valence-corrected chi connectivity index (χ4v) is 5.14. The quantitative estimate of drug-likeness (QED) is 0.348. The summed E-state index contributed by atoms with van der Waals surface area (Å²) < 4.78 is 35.4. The summed E-state index contributed by atoms with van der Waals surface area (Å²) >= 11 is 0. The van der Waals surface area contributed by atoms with Gasteiger partial charge in [-0.15, -0.1) is 0 Å². The van der Waals surface area contributed by atoms with E-state index in [9.17, 15) is 4.39 Å². The van der Waals surface area contributed by atoms with Crippen LogP contribution in [0.1, 0.15) is 18.7 Å². The number of H-pyrrole nitrogens is 1. The fourth-order valence-electron chi connectivity index (χ4n) is 5.14. The number of aromatic amines is 1. The van der Waals surface area contributed by atoms with Gasteiger partial charge in [0.2, 0.25) is 0 Å². The van der Waals surface area contributed by atoms with Crippen LogP contribution in [0.4, 0.5) is 20.3 Å². The Hall–Kier alpha value is -3.64. The van der Waals surface area contributed by atoms with Crippen molar-refractivity contribution in [2.24, 2.45) is 11.7 Å². The lowest BCUT2D eigenvalue weighted by atomic mass is 10.0. The van der Waals surface area contributed by atoms with Crippen LogP contribution < -0.4 is 20.7 Å². The van der Waals surface area contributed by atoms with E-state index in [4.69, 9.17) is 15.6 Å². The maximum absolute atomic E-state index is 15.1. The van der Waals surface area contributed by atoms with E-state index < -0.39 is 11.6 Å². The molecule has 1 saturated heterocycles. The number of aliphatic hydroxyl groups is 1. The molecule has 3 atom stereocenters. The molecule has 0 spiro atoms. The highest BCUT2D eigenvalue weighted by molar-refractivity contribution is 6.15. The van der Waals surface area contributed by atoms with Crippen LogP contribution in [0.25, 0.3) is 21.9 Å². The zero-order chi connectivity index (χ0) is 23.6. The van der Waals surface area contributed by atoms with Crippen molar-refractivity contribution in [1.82, 2.24) is 24.9 Å². The fraction of sp³-hybridized carbons (Fsp3) is 0.364. The number of aromatic nitrogens is 5. The van der Waals surface area contributed by atoms with E-state index in [-0.39, 0.29) is 41.7 Å². The van der Waals surface area contributed by atoms with Gasteiger partial charge in [-0.1, -0.05) is 0 Å². The molecular weight excluding hydrogens is 446 g/mol. The van der Waals surface area contributed by atoms with Gasteiger partial charge in [0.1, 0.15) is 18.1 Å². The number of aliphatic hydroxyl groups excluding tert-OH is 1. The highest BCUT2D eigenvalue weighted by atomic mass is 19.2. The van der Waals surface area contributed by atoms with Crippen molar-refractivity contribution in [2.45, 2.75) is 31.5 Å². The molecule has 6 rings (SSSR count). The maximum Gasteiger partial charge on any atom is 0.326 e. The molecule has 4 heterocycles. The molecule has 176 valence electrons. The zero-order valence-corrected chi connectivity index (χ0v) is 18.2. The van der Waals surface area contributed by atoms with Crippen molar-refractivity contribution in [1.29, 1.82) is 0 Å². The number of benzene rings is 1. The number of piperidine rings is 1. The normalized spacial score (nSPS) is 21.7. The number of halogens is 2. The first-order valence-electron chi connectivity index (χ1n) is 11.0. The van der Waals surface area contributed by atoms with E-state index in [0.29, 0.717) is 40.5 Å². The Morgan fingerprint density at radius 1 is 1.24 bits per heavy atom. The molecule has 0 radical (unpaired) electrons. The minimum atomic E-state index is -0.965. The van der Waals surface area contributed by atoms with Gasteiger partial charge in [-0.05, 0) is 18.8 Å². The maximum atomic E-state index is 15.1. The van der Waals surface area contributed by atoms with Gasteiger partial charge in [-0.3, -0.25) is 0 Å². The van der Waals surface area contributed by atoms with Crippen molar-refractivity contribution in [3.8, 4) is 11.8 Å². The van der Waals surface area contributed by atoms with Crippen molar-refractivity contribution in [3.05, 3.63) is 35.9 Å². The van der Waals surface area contributed by atoms with E-state index in [1.807, 2.05) is 0 Å². The summed E-state index contributed by atoms with van der Waals surface area (Å²) in [4.78, 5) is 22.3.